The zero-order chi connectivity index (χ0) is 20.5. The van der Waals surface area contributed by atoms with E-state index in [2.05, 4.69) is 28.9 Å². The number of aryl methyl sites for hydroxylation is 3. The van der Waals surface area contributed by atoms with E-state index >= 15 is 0 Å². The van der Waals surface area contributed by atoms with E-state index in [1.165, 1.54) is 11.1 Å². The van der Waals surface area contributed by atoms with Gasteiger partial charge in [-0.2, -0.15) is 0 Å². The van der Waals surface area contributed by atoms with Crippen molar-refractivity contribution < 1.29 is 4.74 Å². The highest BCUT2D eigenvalue weighted by molar-refractivity contribution is 6.30. The van der Waals surface area contributed by atoms with Crippen LogP contribution in [0.4, 0.5) is 0 Å². The summed E-state index contributed by atoms with van der Waals surface area (Å²) in [5.41, 5.74) is 4.47. The standard InChI is InChI=1S/C24H27ClN2O2/c1-15-8-18(11-19(25)9-15)14-27-6-4-20(5-7-27)29-23-12-21-17(3)13-26-24(28)22(21)10-16(23)2/h8-13,20H,4-7,14H2,1-3H3,(H,26,28). The lowest BCUT2D eigenvalue weighted by atomic mass is 10.0. The molecule has 0 spiro atoms. The minimum absolute atomic E-state index is 0.0511. The molecule has 0 bridgehead atoms. The lowest BCUT2D eigenvalue weighted by Crippen LogP contribution is -2.37. The van der Waals surface area contributed by atoms with Crippen LogP contribution >= 0.6 is 11.6 Å². The summed E-state index contributed by atoms with van der Waals surface area (Å²) in [7, 11) is 0. The van der Waals surface area contributed by atoms with Gasteiger partial charge >= 0.3 is 0 Å². The fourth-order valence-corrected chi connectivity index (χ4v) is 4.50. The summed E-state index contributed by atoms with van der Waals surface area (Å²) in [5, 5.41) is 2.49. The molecule has 0 atom stereocenters. The number of nitrogens with zero attached hydrogens (tertiary/aromatic N) is 1. The van der Waals surface area contributed by atoms with E-state index in [0.29, 0.717) is 0 Å². The van der Waals surface area contributed by atoms with Crippen molar-refractivity contribution in [1.82, 2.24) is 9.88 Å². The van der Waals surface area contributed by atoms with Crippen LogP contribution < -0.4 is 10.3 Å². The Kier molecular flexibility index (Phi) is 5.66. The van der Waals surface area contributed by atoms with Crippen LogP contribution in [-0.4, -0.2) is 29.1 Å². The maximum Gasteiger partial charge on any atom is 0.255 e. The number of rotatable bonds is 4. The summed E-state index contributed by atoms with van der Waals surface area (Å²) in [6.07, 6.45) is 3.95. The van der Waals surface area contributed by atoms with Crippen molar-refractivity contribution in [3.8, 4) is 5.75 Å². The fraction of sp³-hybridized carbons (Fsp3) is 0.375. The largest absolute Gasteiger partial charge is 0.490 e. The molecule has 1 saturated heterocycles. The predicted octanol–water partition coefficient (Wildman–Crippen LogP) is 5.15. The van der Waals surface area contributed by atoms with Crippen LogP contribution in [-0.2, 0) is 6.54 Å². The van der Waals surface area contributed by atoms with Crippen molar-refractivity contribution in [2.75, 3.05) is 13.1 Å². The minimum atomic E-state index is -0.0511. The Bertz CT molecular complexity index is 1080. The van der Waals surface area contributed by atoms with Crippen LogP contribution in [0, 0.1) is 20.8 Å². The number of hydrogen-bond acceptors (Lipinski definition) is 3. The van der Waals surface area contributed by atoms with E-state index in [9.17, 15) is 4.79 Å². The number of ether oxygens (including phenoxy) is 1. The molecule has 0 unspecified atom stereocenters. The van der Waals surface area contributed by atoms with Crippen molar-refractivity contribution >= 4 is 22.4 Å². The lowest BCUT2D eigenvalue weighted by Gasteiger charge is -2.32. The van der Waals surface area contributed by atoms with Crippen molar-refractivity contribution in [1.29, 1.82) is 0 Å². The van der Waals surface area contributed by atoms with Gasteiger partial charge in [0, 0.05) is 36.2 Å². The van der Waals surface area contributed by atoms with Crippen LogP contribution in [0.25, 0.3) is 10.8 Å². The Hall–Kier alpha value is -2.30. The molecule has 5 heteroatoms. The molecule has 2 aromatic carbocycles. The van der Waals surface area contributed by atoms with E-state index in [1.807, 2.05) is 32.0 Å². The van der Waals surface area contributed by atoms with Gasteiger partial charge in [0.15, 0.2) is 0 Å². The Morgan fingerprint density at radius 1 is 1.03 bits per heavy atom. The van der Waals surface area contributed by atoms with Crippen LogP contribution in [0.3, 0.4) is 0 Å². The van der Waals surface area contributed by atoms with Crippen LogP contribution in [0.15, 0.2) is 41.3 Å². The molecule has 0 saturated carbocycles. The van der Waals surface area contributed by atoms with Crippen LogP contribution in [0.1, 0.15) is 35.1 Å². The average molecular weight is 411 g/mol. The zero-order valence-corrected chi connectivity index (χ0v) is 18.0. The number of aromatic amines is 1. The summed E-state index contributed by atoms with van der Waals surface area (Å²) >= 11 is 6.20. The molecule has 0 amide bonds. The van der Waals surface area contributed by atoms with Gasteiger partial charge in [0.25, 0.3) is 5.56 Å². The SMILES string of the molecule is Cc1cc(Cl)cc(CN2CCC(Oc3cc4c(C)c[nH]c(=O)c4cc3C)CC2)c1. The van der Waals surface area contributed by atoms with E-state index in [0.717, 1.165) is 65.1 Å². The summed E-state index contributed by atoms with van der Waals surface area (Å²) < 4.78 is 6.37. The highest BCUT2D eigenvalue weighted by Gasteiger charge is 2.21. The molecular weight excluding hydrogens is 384 g/mol. The first-order valence-corrected chi connectivity index (χ1v) is 10.5. The topological polar surface area (TPSA) is 45.3 Å². The number of aromatic nitrogens is 1. The third kappa shape index (κ3) is 4.49. The van der Waals surface area contributed by atoms with Gasteiger partial charge < -0.3 is 9.72 Å². The number of halogens is 1. The first kappa shape index (κ1) is 20.0. The molecule has 152 valence electrons. The number of H-pyrrole nitrogens is 1. The van der Waals surface area contributed by atoms with Crippen molar-refractivity contribution in [3.05, 3.63) is 74.2 Å². The Balaban J connectivity index is 1.42. The van der Waals surface area contributed by atoms with E-state index in [-0.39, 0.29) is 11.7 Å². The Labute approximate surface area is 176 Å². The molecule has 2 heterocycles. The molecule has 1 aliphatic rings. The summed E-state index contributed by atoms with van der Waals surface area (Å²) in [6.45, 7) is 9.02. The van der Waals surface area contributed by atoms with Gasteiger partial charge in [0.05, 0.1) is 0 Å². The third-order valence-electron chi connectivity index (χ3n) is 5.74. The van der Waals surface area contributed by atoms with Gasteiger partial charge in [-0.15, -0.1) is 0 Å². The summed E-state index contributed by atoms with van der Waals surface area (Å²) in [4.78, 5) is 17.4. The predicted molar refractivity (Wildman–Crippen MR) is 119 cm³/mol. The highest BCUT2D eigenvalue weighted by atomic mass is 35.5. The van der Waals surface area contributed by atoms with Crippen molar-refractivity contribution in [2.45, 2.75) is 46.3 Å². The number of benzene rings is 2. The molecule has 29 heavy (non-hydrogen) atoms. The molecule has 1 N–H and O–H groups in total. The van der Waals surface area contributed by atoms with Crippen molar-refractivity contribution in [2.24, 2.45) is 0 Å². The van der Waals surface area contributed by atoms with Gasteiger partial charge in [0.1, 0.15) is 11.9 Å². The molecule has 4 rings (SSSR count). The summed E-state index contributed by atoms with van der Waals surface area (Å²) in [5.74, 6) is 0.884. The first-order valence-electron chi connectivity index (χ1n) is 10.2. The molecule has 1 aliphatic heterocycles. The minimum Gasteiger partial charge on any atom is -0.490 e. The van der Waals surface area contributed by atoms with Gasteiger partial charge in [0.2, 0.25) is 0 Å². The smallest absolute Gasteiger partial charge is 0.255 e. The molecule has 1 fully saturated rings. The van der Waals surface area contributed by atoms with Crippen LogP contribution in [0.2, 0.25) is 5.02 Å². The molecule has 4 nitrogen and oxygen atoms in total. The lowest BCUT2D eigenvalue weighted by molar-refractivity contribution is 0.0964. The van der Waals surface area contributed by atoms with E-state index in [1.54, 1.807) is 6.20 Å². The number of fused-ring (bicyclic) bond motifs is 1. The fourth-order valence-electron chi connectivity index (χ4n) is 4.18. The average Bonchev–Trinajstić information content (AvgIpc) is 2.67. The number of pyridine rings is 1. The molecule has 1 aromatic heterocycles. The maximum atomic E-state index is 12.1. The molecule has 3 aromatic rings. The second kappa shape index (κ2) is 8.21. The van der Waals surface area contributed by atoms with Crippen molar-refractivity contribution in [3.63, 3.8) is 0 Å². The van der Waals surface area contributed by atoms with Gasteiger partial charge in [-0.05, 0) is 85.5 Å². The number of nitrogens with one attached hydrogen (secondary N) is 1. The number of piperidine rings is 1. The molecule has 0 aliphatic carbocycles. The zero-order valence-electron chi connectivity index (χ0n) is 17.2. The number of likely N-dealkylation sites (tertiary alicyclic amines) is 1. The number of hydrogen-bond donors (Lipinski definition) is 1. The Morgan fingerprint density at radius 3 is 2.52 bits per heavy atom. The second-order valence-corrected chi connectivity index (χ2v) is 8.63. The molecular formula is C24H27ClN2O2. The quantitative estimate of drug-likeness (QED) is 0.646. The second-order valence-electron chi connectivity index (χ2n) is 8.19. The first-order chi connectivity index (χ1) is 13.9. The normalized spacial score (nSPS) is 15.7. The third-order valence-corrected chi connectivity index (χ3v) is 5.96. The van der Waals surface area contributed by atoms with E-state index < -0.39 is 0 Å². The van der Waals surface area contributed by atoms with Gasteiger partial charge in [-0.25, -0.2) is 0 Å². The summed E-state index contributed by atoms with van der Waals surface area (Å²) in [6, 6.07) is 10.2. The maximum absolute atomic E-state index is 12.1. The highest BCUT2D eigenvalue weighted by Crippen LogP contribution is 2.28. The molecule has 0 radical (unpaired) electrons. The van der Waals surface area contributed by atoms with Gasteiger partial charge in [-0.1, -0.05) is 17.7 Å². The Morgan fingerprint density at radius 2 is 1.79 bits per heavy atom. The van der Waals surface area contributed by atoms with Gasteiger partial charge in [-0.3, -0.25) is 9.69 Å². The van der Waals surface area contributed by atoms with Crippen LogP contribution in [0.5, 0.6) is 5.75 Å². The monoisotopic (exact) mass is 410 g/mol. The van der Waals surface area contributed by atoms with E-state index in [4.69, 9.17) is 16.3 Å².